The minimum Gasteiger partial charge on any atom is -0.381 e. The van der Waals surface area contributed by atoms with E-state index in [2.05, 4.69) is 13.0 Å². The van der Waals surface area contributed by atoms with Crippen molar-refractivity contribution < 1.29 is 4.74 Å². The molecule has 20 heavy (non-hydrogen) atoms. The van der Waals surface area contributed by atoms with Gasteiger partial charge in [-0.2, -0.15) is 5.26 Å². The molecular weight excluding hydrogens is 246 g/mol. The lowest BCUT2D eigenvalue weighted by molar-refractivity contribution is 0.0844. The second-order valence-electron chi connectivity index (χ2n) is 6.97. The molecule has 2 heteroatoms. The van der Waals surface area contributed by atoms with E-state index in [1.54, 1.807) is 0 Å². The predicted octanol–water partition coefficient (Wildman–Crippen LogP) is 4.94. The molecule has 0 bridgehead atoms. The molecule has 2 rings (SSSR count). The molecule has 2 saturated carbocycles. The highest BCUT2D eigenvalue weighted by atomic mass is 16.5. The van der Waals surface area contributed by atoms with Crippen molar-refractivity contribution in [3.05, 3.63) is 0 Å². The number of rotatable bonds is 6. The number of nitrogens with zero attached hydrogens (tertiary/aromatic N) is 1. The Balaban J connectivity index is 1.56. The van der Waals surface area contributed by atoms with Gasteiger partial charge in [0, 0.05) is 19.1 Å². The van der Waals surface area contributed by atoms with Crippen molar-refractivity contribution in [1.29, 1.82) is 5.26 Å². The van der Waals surface area contributed by atoms with Crippen molar-refractivity contribution in [2.45, 2.75) is 71.1 Å². The van der Waals surface area contributed by atoms with Crippen LogP contribution >= 0.6 is 0 Å². The molecule has 0 radical (unpaired) electrons. The Bertz CT molecular complexity index is 293. The van der Waals surface area contributed by atoms with Crippen LogP contribution in [0.3, 0.4) is 0 Å². The van der Waals surface area contributed by atoms with Crippen molar-refractivity contribution in [3.63, 3.8) is 0 Å². The normalized spacial score (nSPS) is 34.6. The average Bonchev–Trinajstić information content (AvgIpc) is 2.52. The fourth-order valence-corrected chi connectivity index (χ4v) is 4.02. The van der Waals surface area contributed by atoms with Crippen LogP contribution in [-0.2, 0) is 4.74 Å². The van der Waals surface area contributed by atoms with Gasteiger partial charge in [-0.3, -0.25) is 0 Å². The summed E-state index contributed by atoms with van der Waals surface area (Å²) < 4.78 is 5.56. The highest BCUT2D eigenvalue weighted by molar-refractivity contribution is 4.87. The minimum absolute atomic E-state index is 0.361. The summed E-state index contributed by atoms with van der Waals surface area (Å²) >= 11 is 0. The van der Waals surface area contributed by atoms with Gasteiger partial charge in [-0.05, 0) is 63.2 Å². The summed E-state index contributed by atoms with van der Waals surface area (Å²) in [5.41, 5.74) is 0. The predicted molar refractivity (Wildman–Crippen MR) is 82.2 cm³/mol. The molecule has 0 N–H and O–H groups in total. The molecule has 2 aliphatic carbocycles. The van der Waals surface area contributed by atoms with E-state index in [1.165, 1.54) is 51.4 Å². The van der Waals surface area contributed by atoms with Crippen molar-refractivity contribution >= 4 is 0 Å². The monoisotopic (exact) mass is 277 g/mol. The van der Waals surface area contributed by atoms with Gasteiger partial charge in [0.15, 0.2) is 0 Å². The van der Waals surface area contributed by atoms with Crippen LogP contribution in [0.25, 0.3) is 0 Å². The van der Waals surface area contributed by atoms with E-state index in [-0.39, 0.29) is 0 Å². The van der Waals surface area contributed by atoms with Gasteiger partial charge < -0.3 is 4.74 Å². The molecular formula is C18H31NO. The molecule has 0 aromatic rings. The topological polar surface area (TPSA) is 33.0 Å². The van der Waals surface area contributed by atoms with Crippen LogP contribution in [0.1, 0.15) is 71.1 Å². The highest BCUT2D eigenvalue weighted by Crippen LogP contribution is 2.36. The average molecular weight is 277 g/mol. The first-order valence-corrected chi connectivity index (χ1v) is 8.79. The summed E-state index contributed by atoms with van der Waals surface area (Å²) in [6.07, 6.45) is 13.4. The Kier molecular flexibility index (Phi) is 6.87. The van der Waals surface area contributed by atoms with Gasteiger partial charge in [0.05, 0.1) is 6.07 Å². The smallest absolute Gasteiger partial charge is 0.0655 e. The highest BCUT2D eigenvalue weighted by Gasteiger charge is 2.24. The molecule has 0 saturated heterocycles. The van der Waals surface area contributed by atoms with E-state index in [1.807, 2.05) is 0 Å². The maximum Gasteiger partial charge on any atom is 0.0655 e. The van der Waals surface area contributed by atoms with Crippen molar-refractivity contribution in [1.82, 2.24) is 0 Å². The maximum atomic E-state index is 8.94. The molecule has 0 amide bonds. The fraction of sp³-hybridized carbons (Fsp3) is 0.944. The van der Waals surface area contributed by atoms with Crippen molar-refractivity contribution in [2.75, 3.05) is 13.2 Å². The molecule has 0 aliphatic heterocycles. The lowest BCUT2D eigenvalue weighted by Gasteiger charge is -2.30. The van der Waals surface area contributed by atoms with Gasteiger partial charge in [0.1, 0.15) is 0 Å². The first kappa shape index (κ1) is 15.8. The van der Waals surface area contributed by atoms with Gasteiger partial charge in [0.25, 0.3) is 0 Å². The molecule has 0 spiro atoms. The third-order valence-corrected chi connectivity index (χ3v) is 5.54. The summed E-state index contributed by atoms with van der Waals surface area (Å²) in [6, 6.07) is 2.44. The van der Waals surface area contributed by atoms with Gasteiger partial charge in [-0.1, -0.05) is 25.7 Å². The van der Waals surface area contributed by atoms with Crippen molar-refractivity contribution in [3.8, 4) is 6.07 Å². The van der Waals surface area contributed by atoms with Crippen LogP contribution in [0.5, 0.6) is 0 Å². The summed E-state index contributed by atoms with van der Waals surface area (Å²) in [5, 5.41) is 8.94. The first-order chi connectivity index (χ1) is 9.81. The molecule has 2 aliphatic rings. The molecule has 0 aromatic heterocycles. The summed E-state index contributed by atoms with van der Waals surface area (Å²) in [4.78, 5) is 0. The SMILES string of the molecule is CCOCC1CCC(CCC2CCC(C#N)CC2)CC1. The molecule has 2 nitrogen and oxygen atoms in total. The van der Waals surface area contributed by atoms with Gasteiger partial charge in [0.2, 0.25) is 0 Å². The van der Waals surface area contributed by atoms with E-state index in [4.69, 9.17) is 10.00 Å². The molecule has 114 valence electrons. The Hall–Kier alpha value is -0.550. The lowest BCUT2D eigenvalue weighted by Crippen LogP contribution is -2.20. The van der Waals surface area contributed by atoms with Crippen LogP contribution in [0.4, 0.5) is 0 Å². The van der Waals surface area contributed by atoms with Gasteiger partial charge >= 0.3 is 0 Å². The lowest BCUT2D eigenvalue weighted by atomic mass is 9.76. The first-order valence-electron chi connectivity index (χ1n) is 8.79. The Morgan fingerprint density at radius 3 is 1.85 bits per heavy atom. The van der Waals surface area contributed by atoms with E-state index in [0.717, 1.165) is 43.8 Å². The van der Waals surface area contributed by atoms with E-state index in [9.17, 15) is 0 Å². The number of ether oxygens (including phenoxy) is 1. The number of hydrogen-bond donors (Lipinski definition) is 0. The third kappa shape index (κ3) is 5.09. The van der Waals surface area contributed by atoms with Gasteiger partial charge in [-0.15, -0.1) is 0 Å². The molecule has 0 atom stereocenters. The molecule has 0 aromatic carbocycles. The summed E-state index contributed by atoms with van der Waals surface area (Å²) in [5.74, 6) is 3.08. The minimum atomic E-state index is 0.361. The third-order valence-electron chi connectivity index (χ3n) is 5.54. The van der Waals surface area contributed by atoms with E-state index >= 15 is 0 Å². The number of hydrogen-bond acceptors (Lipinski definition) is 2. The van der Waals surface area contributed by atoms with Crippen LogP contribution in [0.2, 0.25) is 0 Å². The zero-order valence-corrected chi connectivity index (χ0v) is 13.2. The van der Waals surface area contributed by atoms with Crippen LogP contribution in [0, 0.1) is 35.0 Å². The fourth-order valence-electron chi connectivity index (χ4n) is 4.02. The summed E-state index contributed by atoms with van der Waals surface area (Å²) in [7, 11) is 0. The van der Waals surface area contributed by atoms with Crippen LogP contribution in [-0.4, -0.2) is 13.2 Å². The van der Waals surface area contributed by atoms with Crippen LogP contribution < -0.4 is 0 Å². The standard InChI is InChI=1S/C18H31NO/c1-2-20-14-18-11-7-16(8-12-18)4-3-15-5-9-17(13-19)10-6-15/h15-18H,2-12,14H2,1H3. The zero-order chi connectivity index (χ0) is 14.2. The Morgan fingerprint density at radius 2 is 1.35 bits per heavy atom. The Labute approximate surface area is 124 Å². The second kappa shape index (κ2) is 8.67. The number of nitriles is 1. The van der Waals surface area contributed by atoms with Crippen molar-refractivity contribution in [2.24, 2.45) is 23.7 Å². The molecule has 0 unspecified atom stereocenters. The van der Waals surface area contributed by atoms with E-state index < -0.39 is 0 Å². The quantitative estimate of drug-likeness (QED) is 0.689. The largest absolute Gasteiger partial charge is 0.381 e. The molecule has 2 fully saturated rings. The molecule has 0 heterocycles. The summed E-state index contributed by atoms with van der Waals surface area (Å²) in [6.45, 7) is 3.94. The second-order valence-corrected chi connectivity index (χ2v) is 6.97. The zero-order valence-electron chi connectivity index (χ0n) is 13.2. The van der Waals surface area contributed by atoms with Gasteiger partial charge in [-0.25, -0.2) is 0 Å². The maximum absolute atomic E-state index is 8.94. The van der Waals surface area contributed by atoms with Crippen LogP contribution in [0.15, 0.2) is 0 Å². The van der Waals surface area contributed by atoms with E-state index in [0.29, 0.717) is 5.92 Å². The Morgan fingerprint density at radius 1 is 0.850 bits per heavy atom.